The number of nitrogens with one attached hydrogen (secondary N) is 1. The standard InChI is InChI=1S/C12H6N4O5/c17-12-7-4-8(15(18)19)6-2-1-3-13-10(6)11(7)14-5-9(12)16(20)21/h1-5H,(H,14,17). The van der Waals surface area contributed by atoms with Crippen LogP contribution in [0.5, 0.6) is 0 Å². The molecule has 104 valence electrons. The normalized spacial score (nSPS) is 10.9. The van der Waals surface area contributed by atoms with Crippen LogP contribution >= 0.6 is 0 Å². The molecule has 0 aliphatic carbocycles. The SMILES string of the molecule is O=c1c([N+](=O)[O-])c[nH]c2c1cc([N+](=O)[O-])c1cccnc12. The first-order valence-electron chi connectivity index (χ1n) is 5.72. The van der Waals surface area contributed by atoms with Gasteiger partial charge in [0.25, 0.3) is 11.1 Å². The van der Waals surface area contributed by atoms with E-state index in [1.165, 1.54) is 18.3 Å². The monoisotopic (exact) mass is 286 g/mol. The zero-order chi connectivity index (χ0) is 15.1. The summed E-state index contributed by atoms with van der Waals surface area (Å²) in [6.45, 7) is 0. The van der Waals surface area contributed by atoms with E-state index in [-0.39, 0.29) is 27.5 Å². The van der Waals surface area contributed by atoms with Gasteiger partial charge in [0.15, 0.2) is 0 Å². The minimum absolute atomic E-state index is 0.137. The summed E-state index contributed by atoms with van der Waals surface area (Å²) < 4.78 is 0. The van der Waals surface area contributed by atoms with Crippen LogP contribution in [-0.2, 0) is 0 Å². The molecule has 0 atom stereocenters. The highest BCUT2D eigenvalue weighted by Crippen LogP contribution is 2.30. The molecule has 9 heteroatoms. The molecule has 3 rings (SSSR count). The van der Waals surface area contributed by atoms with Crippen molar-refractivity contribution in [3.8, 4) is 0 Å². The van der Waals surface area contributed by atoms with Crippen LogP contribution in [0.25, 0.3) is 21.8 Å². The van der Waals surface area contributed by atoms with Gasteiger partial charge in [-0.25, -0.2) is 0 Å². The van der Waals surface area contributed by atoms with Crippen molar-refractivity contribution in [3.05, 3.63) is 61.0 Å². The van der Waals surface area contributed by atoms with Gasteiger partial charge in [-0.15, -0.1) is 0 Å². The summed E-state index contributed by atoms with van der Waals surface area (Å²) in [5.74, 6) is 0. The van der Waals surface area contributed by atoms with Crippen molar-refractivity contribution in [2.45, 2.75) is 0 Å². The number of rotatable bonds is 2. The van der Waals surface area contributed by atoms with Crippen LogP contribution in [0.4, 0.5) is 11.4 Å². The van der Waals surface area contributed by atoms with Crippen LogP contribution < -0.4 is 5.43 Å². The number of aromatic amines is 1. The van der Waals surface area contributed by atoms with Crippen LogP contribution in [0.15, 0.2) is 35.4 Å². The number of nitro groups is 2. The van der Waals surface area contributed by atoms with Gasteiger partial charge in [-0.1, -0.05) is 0 Å². The van der Waals surface area contributed by atoms with Crippen LogP contribution in [-0.4, -0.2) is 19.8 Å². The molecule has 0 radical (unpaired) electrons. The molecule has 9 nitrogen and oxygen atoms in total. The Labute approximate surface area is 115 Å². The van der Waals surface area contributed by atoms with Crippen LogP contribution in [0.3, 0.4) is 0 Å². The lowest BCUT2D eigenvalue weighted by atomic mass is 10.1. The Morgan fingerprint density at radius 3 is 2.48 bits per heavy atom. The maximum Gasteiger partial charge on any atom is 0.332 e. The number of H-pyrrole nitrogens is 1. The highest BCUT2D eigenvalue weighted by Gasteiger charge is 2.21. The van der Waals surface area contributed by atoms with Crippen molar-refractivity contribution < 1.29 is 9.85 Å². The van der Waals surface area contributed by atoms with Crippen molar-refractivity contribution >= 4 is 33.2 Å². The van der Waals surface area contributed by atoms with Crippen molar-refractivity contribution in [3.63, 3.8) is 0 Å². The second kappa shape index (κ2) is 4.34. The first-order valence-corrected chi connectivity index (χ1v) is 5.72. The van der Waals surface area contributed by atoms with E-state index in [4.69, 9.17) is 0 Å². The first kappa shape index (κ1) is 12.7. The van der Waals surface area contributed by atoms with Crippen LogP contribution in [0.2, 0.25) is 0 Å². The second-order valence-electron chi connectivity index (χ2n) is 4.24. The number of nitrogens with zero attached hydrogens (tertiary/aromatic N) is 3. The van der Waals surface area contributed by atoms with Crippen molar-refractivity contribution in [1.29, 1.82) is 0 Å². The fourth-order valence-electron chi connectivity index (χ4n) is 2.18. The Balaban J connectivity index is 2.59. The summed E-state index contributed by atoms with van der Waals surface area (Å²) in [7, 11) is 0. The Morgan fingerprint density at radius 1 is 1.10 bits per heavy atom. The molecular weight excluding hydrogens is 280 g/mol. The quantitative estimate of drug-likeness (QED) is 0.434. The molecule has 0 saturated heterocycles. The van der Waals surface area contributed by atoms with Gasteiger partial charge in [-0.3, -0.25) is 30.0 Å². The lowest BCUT2D eigenvalue weighted by Gasteiger charge is -2.03. The summed E-state index contributed by atoms with van der Waals surface area (Å²) in [6.07, 6.45) is 2.38. The minimum atomic E-state index is -0.885. The molecule has 3 aromatic rings. The van der Waals surface area contributed by atoms with Crippen molar-refractivity contribution in [1.82, 2.24) is 9.97 Å². The summed E-state index contributed by atoms with van der Waals surface area (Å²) in [4.78, 5) is 39.1. The maximum absolute atomic E-state index is 12.1. The second-order valence-corrected chi connectivity index (χ2v) is 4.24. The third kappa shape index (κ3) is 1.79. The van der Waals surface area contributed by atoms with Crippen molar-refractivity contribution in [2.75, 3.05) is 0 Å². The van der Waals surface area contributed by atoms with Gasteiger partial charge in [0.1, 0.15) is 5.52 Å². The largest absolute Gasteiger partial charge is 0.353 e. The average molecular weight is 286 g/mol. The zero-order valence-corrected chi connectivity index (χ0v) is 10.3. The van der Waals surface area contributed by atoms with Crippen LogP contribution in [0.1, 0.15) is 0 Å². The number of nitro benzene ring substituents is 1. The van der Waals surface area contributed by atoms with E-state index in [1.54, 1.807) is 0 Å². The number of benzene rings is 1. The van der Waals surface area contributed by atoms with Gasteiger partial charge in [-0.2, -0.15) is 0 Å². The summed E-state index contributed by atoms with van der Waals surface area (Å²) in [5, 5.41) is 22.0. The Morgan fingerprint density at radius 2 is 1.81 bits per heavy atom. The number of non-ortho nitro benzene ring substituents is 1. The van der Waals surface area contributed by atoms with Crippen LogP contribution in [0, 0.1) is 20.2 Å². The van der Waals surface area contributed by atoms with Gasteiger partial charge in [0.05, 0.1) is 32.3 Å². The number of pyridine rings is 2. The Kier molecular flexibility index (Phi) is 2.61. The predicted octanol–water partition coefficient (Wildman–Crippen LogP) is 1.89. The molecule has 1 N–H and O–H groups in total. The summed E-state index contributed by atoms with van der Waals surface area (Å²) >= 11 is 0. The van der Waals surface area contributed by atoms with E-state index in [2.05, 4.69) is 9.97 Å². The molecule has 0 saturated carbocycles. The van der Waals surface area contributed by atoms with E-state index in [1.807, 2.05) is 0 Å². The smallest absolute Gasteiger partial charge is 0.332 e. The number of hydrogen-bond donors (Lipinski definition) is 1. The molecule has 0 aliphatic rings. The van der Waals surface area contributed by atoms with Gasteiger partial charge in [0, 0.05) is 12.3 Å². The Hall–Kier alpha value is -3.36. The molecule has 1 aromatic carbocycles. The van der Waals surface area contributed by atoms with E-state index in [9.17, 15) is 25.0 Å². The summed E-state index contributed by atoms with van der Waals surface area (Å²) in [5.41, 5.74) is -1.44. The highest BCUT2D eigenvalue weighted by molar-refractivity contribution is 6.07. The molecule has 21 heavy (non-hydrogen) atoms. The predicted molar refractivity (Wildman–Crippen MR) is 73.2 cm³/mol. The fourth-order valence-corrected chi connectivity index (χ4v) is 2.18. The molecule has 0 unspecified atom stereocenters. The Bertz CT molecular complexity index is 978. The van der Waals surface area contributed by atoms with E-state index < -0.39 is 21.0 Å². The molecule has 0 bridgehead atoms. The van der Waals surface area contributed by atoms with Crippen molar-refractivity contribution in [2.24, 2.45) is 0 Å². The average Bonchev–Trinajstić information content (AvgIpc) is 2.46. The minimum Gasteiger partial charge on any atom is -0.353 e. The molecule has 2 aromatic heterocycles. The third-order valence-electron chi connectivity index (χ3n) is 3.09. The van der Waals surface area contributed by atoms with Gasteiger partial charge >= 0.3 is 5.69 Å². The lowest BCUT2D eigenvalue weighted by Crippen LogP contribution is -2.10. The number of aromatic nitrogens is 2. The van der Waals surface area contributed by atoms with Gasteiger partial charge in [0.2, 0.25) is 0 Å². The van der Waals surface area contributed by atoms with E-state index in [0.717, 1.165) is 12.3 Å². The number of fused-ring (bicyclic) bond motifs is 3. The first-order chi connectivity index (χ1) is 10.0. The molecule has 0 amide bonds. The fraction of sp³-hybridized carbons (Fsp3) is 0. The number of hydrogen-bond acceptors (Lipinski definition) is 6. The van der Waals surface area contributed by atoms with Gasteiger partial charge < -0.3 is 4.98 Å². The maximum atomic E-state index is 12.1. The van der Waals surface area contributed by atoms with E-state index in [0.29, 0.717) is 0 Å². The molecule has 0 aliphatic heterocycles. The summed E-state index contributed by atoms with van der Waals surface area (Å²) in [6, 6.07) is 4.06. The molecule has 2 heterocycles. The third-order valence-corrected chi connectivity index (χ3v) is 3.09. The zero-order valence-electron chi connectivity index (χ0n) is 10.3. The molecule has 0 spiro atoms. The highest BCUT2D eigenvalue weighted by atomic mass is 16.6. The molecular formula is C12H6N4O5. The van der Waals surface area contributed by atoms with E-state index >= 15 is 0 Å². The van der Waals surface area contributed by atoms with Gasteiger partial charge in [-0.05, 0) is 12.1 Å². The molecule has 0 fully saturated rings. The lowest BCUT2D eigenvalue weighted by molar-refractivity contribution is -0.386. The topological polar surface area (TPSA) is 132 Å².